The van der Waals surface area contributed by atoms with Gasteiger partial charge in [-0.25, -0.2) is 9.79 Å². The fourth-order valence-corrected chi connectivity index (χ4v) is 2.17. The summed E-state index contributed by atoms with van der Waals surface area (Å²) in [4.78, 5) is 16.3. The summed E-state index contributed by atoms with van der Waals surface area (Å²) in [6.07, 6.45) is 1.71. The lowest BCUT2D eigenvalue weighted by Gasteiger charge is -2.05. The zero-order chi connectivity index (χ0) is 15.5. The van der Waals surface area contributed by atoms with Gasteiger partial charge in [0, 0.05) is 0 Å². The van der Waals surface area contributed by atoms with E-state index in [0.717, 1.165) is 11.1 Å². The van der Waals surface area contributed by atoms with Gasteiger partial charge in [0.05, 0.1) is 12.7 Å². The number of ether oxygens (including phenoxy) is 2. The molecule has 22 heavy (non-hydrogen) atoms. The minimum Gasteiger partial charge on any atom is -0.496 e. The summed E-state index contributed by atoms with van der Waals surface area (Å²) in [5, 5.41) is 0. The third-order valence-electron chi connectivity index (χ3n) is 3.34. The van der Waals surface area contributed by atoms with Gasteiger partial charge in [0.2, 0.25) is 5.90 Å². The van der Waals surface area contributed by atoms with Crippen LogP contribution in [0, 0.1) is 6.92 Å². The Kier molecular flexibility index (Phi) is 3.74. The molecule has 1 heterocycles. The number of hydrogen-bond donors (Lipinski definition) is 0. The SMILES string of the molecule is COc1ccccc1C1=N/C(=C/c2ccc(C)cc2)C(=O)O1. The number of methoxy groups -OCH3 is 1. The van der Waals surface area contributed by atoms with Gasteiger partial charge in [-0.2, -0.15) is 0 Å². The number of aryl methyl sites for hydroxylation is 1. The second-order valence-electron chi connectivity index (χ2n) is 4.95. The largest absolute Gasteiger partial charge is 0.496 e. The van der Waals surface area contributed by atoms with Gasteiger partial charge in [0.25, 0.3) is 0 Å². The number of para-hydroxylation sites is 1. The van der Waals surface area contributed by atoms with Crippen molar-refractivity contribution < 1.29 is 14.3 Å². The predicted molar refractivity (Wildman–Crippen MR) is 84.8 cm³/mol. The fraction of sp³-hybridized carbons (Fsp3) is 0.111. The molecule has 0 bridgehead atoms. The van der Waals surface area contributed by atoms with Crippen LogP contribution in [0.15, 0.2) is 59.2 Å². The van der Waals surface area contributed by atoms with E-state index < -0.39 is 5.97 Å². The quantitative estimate of drug-likeness (QED) is 0.644. The van der Waals surface area contributed by atoms with Crippen LogP contribution >= 0.6 is 0 Å². The lowest BCUT2D eigenvalue weighted by molar-refractivity contribution is -0.129. The standard InChI is InChI=1S/C18H15NO3/c1-12-7-9-13(10-8-12)11-15-18(20)22-17(19-15)14-5-3-4-6-16(14)21-2/h3-11H,1-2H3/b15-11+. The third-order valence-corrected chi connectivity index (χ3v) is 3.34. The van der Waals surface area contributed by atoms with E-state index in [2.05, 4.69) is 4.99 Å². The van der Waals surface area contributed by atoms with E-state index >= 15 is 0 Å². The Balaban J connectivity index is 1.96. The van der Waals surface area contributed by atoms with Crippen molar-refractivity contribution in [2.75, 3.05) is 7.11 Å². The number of rotatable bonds is 3. The molecule has 2 aromatic carbocycles. The van der Waals surface area contributed by atoms with Gasteiger partial charge >= 0.3 is 5.97 Å². The Hall–Kier alpha value is -2.88. The molecule has 0 fully saturated rings. The maximum absolute atomic E-state index is 12.0. The number of carbonyl (C=O) groups is 1. The van der Waals surface area contributed by atoms with E-state index in [9.17, 15) is 4.79 Å². The number of carbonyl (C=O) groups excluding carboxylic acids is 1. The van der Waals surface area contributed by atoms with E-state index in [4.69, 9.17) is 9.47 Å². The van der Waals surface area contributed by atoms with E-state index in [-0.39, 0.29) is 11.6 Å². The molecule has 0 amide bonds. The normalized spacial score (nSPS) is 15.6. The first kappa shape index (κ1) is 14.1. The van der Waals surface area contributed by atoms with E-state index in [0.29, 0.717) is 11.3 Å². The molecule has 0 unspecified atom stereocenters. The van der Waals surface area contributed by atoms with Crippen LogP contribution < -0.4 is 4.74 Å². The molecule has 0 N–H and O–H groups in total. The number of nitrogens with zero attached hydrogens (tertiary/aromatic N) is 1. The molecule has 0 atom stereocenters. The highest BCUT2D eigenvalue weighted by atomic mass is 16.6. The van der Waals surface area contributed by atoms with Gasteiger partial charge in [0.15, 0.2) is 5.70 Å². The van der Waals surface area contributed by atoms with Crippen LogP contribution in [0.4, 0.5) is 0 Å². The molecule has 3 rings (SSSR count). The van der Waals surface area contributed by atoms with Crippen molar-refractivity contribution in [2.24, 2.45) is 4.99 Å². The summed E-state index contributed by atoms with van der Waals surface area (Å²) in [7, 11) is 1.57. The molecule has 4 heteroatoms. The van der Waals surface area contributed by atoms with Gasteiger partial charge in [-0.05, 0) is 30.7 Å². The van der Waals surface area contributed by atoms with Crippen LogP contribution in [0.5, 0.6) is 5.75 Å². The zero-order valence-electron chi connectivity index (χ0n) is 12.4. The molecule has 1 aliphatic rings. The Morgan fingerprint density at radius 2 is 1.82 bits per heavy atom. The summed E-state index contributed by atoms with van der Waals surface area (Å²) < 4.78 is 10.5. The number of cyclic esters (lactones) is 1. The minimum atomic E-state index is -0.457. The number of hydrogen-bond acceptors (Lipinski definition) is 4. The van der Waals surface area contributed by atoms with Crippen LogP contribution in [0.3, 0.4) is 0 Å². The molecule has 0 aromatic heterocycles. The van der Waals surface area contributed by atoms with Crippen LogP contribution in [0.2, 0.25) is 0 Å². The van der Waals surface area contributed by atoms with E-state index in [1.165, 1.54) is 0 Å². The van der Waals surface area contributed by atoms with Crippen LogP contribution in [-0.2, 0) is 9.53 Å². The minimum absolute atomic E-state index is 0.265. The highest BCUT2D eigenvalue weighted by Gasteiger charge is 2.25. The predicted octanol–water partition coefficient (Wildman–Crippen LogP) is 3.35. The van der Waals surface area contributed by atoms with Gasteiger partial charge in [-0.3, -0.25) is 0 Å². The fourth-order valence-electron chi connectivity index (χ4n) is 2.17. The molecular weight excluding hydrogens is 278 g/mol. The van der Waals surface area contributed by atoms with Crippen LogP contribution in [0.25, 0.3) is 6.08 Å². The van der Waals surface area contributed by atoms with Gasteiger partial charge in [-0.1, -0.05) is 42.0 Å². The van der Waals surface area contributed by atoms with Crippen molar-refractivity contribution in [3.05, 3.63) is 70.9 Å². The molecule has 110 valence electrons. The highest BCUT2D eigenvalue weighted by molar-refractivity contribution is 6.13. The Morgan fingerprint density at radius 1 is 1.09 bits per heavy atom. The average Bonchev–Trinajstić information content (AvgIpc) is 2.90. The van der Waals surface area contributed by atoms with Gasteiger partial charge in [0.1, 0.15) is 5.75 Å². The average molecular weight is 293 g/mol. The second-order valence-corrected chi connectivity index (χ2v) is 4.95. The Labute approximate surface area is 128 Å². The number of benzene rings is 2. The Bertz CT molecular complexity index is 773. The maximum atomic E-state index is 12.0. The first-order chi connectivity index (χ1) is 10.7. The number of esters is 1. The van der Waals surface area contributed by atoms with Crippen LogP contribution in [0.1, 0.15) is 16.7 Å². The summed E-state index contributed by atoms with van der Waals surface area (Å²) >= 11 is 0. The lowest BCUT2D eigenvalue weighted by Crippen LogP contribution is -2.06. The van der Waals surface area contributed by atoms with Gasteiger partial charge < -0.3 is 9.47 Å². The lowest BCUT2D eigenvalue weighted by atomic mass is 10.1. The molecule has 0 radical (unpaired) electrons. The summed E-state index contributed by atoms with van der Waals surface area (Å²) in [6, 6.07) is 15.1. The van der Waals surface area contributed by atoms with Crippen molar-refractivity contribution >= 4 is 17.9 Å². The topological polar surface area (TPSA) is 47.9 Å². The first-order valence-electron chi connectivity index (χ1n) is 6.90. The summed E-state index contributed by atoms with van der Waals surface area (Å²) in [5.74, 6) is 0.424. The molecule has 4 nitrogen and oxygen atoms in total. The summed E-state index contributed by atoms with van der Waals surface area (Å²) in [6.45, 7) is 2.01. The zero-order valence-corrected chi connectivity index (χ0v) is 12.4. The van der Waals surface area contributed by atoms with Gasteiger partial charge in [-0.15, -0.1) is 0 Å². The smallest absolute Gasteiger partial charge is 0.363 e. The number of aliphatic imine (C=N–C) groups is 1. The first-order valence-corrected chi connectivity index (χ1v) is 6.90. The molecule has 2 aromatic rings. The van der Waals surface area contributed by atoms with Crippen molar-refractivity contribution in [3.63, 3.8) is 0 Å². The molecule has 0 spiro atoms. The summed E-state index contributed by atoms with van der Waals surface area (Å²) in [5.41, 5.74) is 3.01. The van der Waals surface area contributed by atoms with E-state index in [1.807, 2.05) is 43.3 Å². The Morgan fingerprint density at radius 3 is 2.55 bits per heavy atom. The van der Waals surface area contributed by atoms with E-state index in [1.54, 1.807) is 25.3 Å². The van der Waals surface area contributed by atoms with Crippen molar-refractivity contribution in [1.29, 1.82) is 0 Å². The third kappa shape index (κ3) is 2.76. The van der Waals surface area contributed by atoms with Crippen molar-refractivity contribution in [3.8, 4) is 5.75 Å². The molecule has 0 saturated heterocycles. The van der Waals surface area contributed by atoms with Crippen molar-refractivity contribution in [2.45, 2.75) is 6.92 Å². The molecule has 0 aliphatic carbocycles. The second kappa shape index (κ2) is 5.85. The highest BCUT2D eigenvalue weighted by Crippen LogP contribution is 2.24. The molecule has 1 aliphatic heterocycles. The molecule has 0 saturated carbocycles. The molecular formula is C18H15NO3. The maximum Gasteiger partial charge on any atom is 0.363 e. The van der Waals surface area contributed by atoms with Crippen molar-refractivity contribution in [1.82, 2.24) is 0 Å². The van der Waals surface area contributed by atoms with Crippen LogP contribution in [-0.4, -0.2) is 19.0 Å². The monoisotopic (exact) mass is 293 g/mol.